The normalized spacial score (nSPS) is 14.3. The van der Waals surface area contributed by atoms with Crippen LogP contribution in [0.3, 0.4) is 0 Å². The molecule has 35 heavy (non-hydrogen) atoms. The second-order valence-electron chi connectivity index (χ2n) is 8.51. The monoisotopic (exact) mass is 610 g/mol. The summed E-state index contributed by atoms with van der Waals surface area (Å²) in [7, 11) is 1.81. The molecular weight excluding hydrogens is 571 g/mol. The first-order valence-electron chi connectivity index (χ1n) is 11.7. The Hall–Kier alpha value is -2.29. The topological polar surface area (TPSA) is 180 Å². The van der Waals surface area contributed by atoms with Crippen molar-refractivity contribution < 1.29 is 28.8 Å². The molecule has 13 heteroatoms. The molecule has 0 saturated heterocycles. The Morgan fingerprint density at radius 2 is 1.37 bits per heavy atom. The maximum absolute atomic E-state index is 12.5. The Balaban J connectivity index is 4.61. The van der Waals surface area contributed by atoms with Gasteiger partial charge >= 0.3 is 0 Å². The van der Waals surface area contributed by atoms with Gasteiger partial charge in [-0.3, -0.25) is 37.2 Å². The van der Waals surface area contributed by atoms with Crippen LogP contribution >= 0.6 is 22.9 Å². The van der Waals surface area contributed by atoms with Crippen LogP contribution in [0.4, 0.5) is 0 Å². The third kappa shape index (κ3) is 13.4. The molecular formula is C22H39IN6O6. The molecule has 12 nitrogen and oxygen atoms in total. The van der Waals surface area contributed by atoms with Crippen LogP contribution in [0.2, 0.25) is 0 Å². The van der Waals surface area contributed by atoms with Gasteiger partial charge in [0.1, 0.15) is 23.9 Å². The van der Waals surface area contributed by atoms with Crippen LogP contribution in [-0.2, 0) is 28.8 Å². The minimum absolute atomic E-state index is 0.252. The first-order chi connectivity index (χ1) is 16.3. The summed E-state index contributed by atoms with van der Waals surface area (Å²) >= 11 is 1.57. The molecule has 200 valence electrons. The number of nitrogens with one attached hydrogen (secondary N) is 4. The molecule has 0 bridgehead atoms. The number of nitrogens with zero attached hydrogens (tertiary/aromatic N) is 1. The number of rotatable bonds is 17. The van der Waals surface area contributed by atoms with Crippen LogP contribution in [0.5, 0.6) is 0 Å². The lowest BCUT2D eigenvalue weighted by Gasteiger charge is -2.26. The molecule has 0 radical (unpaired) electrons. The van der Waals surface area contributed by atoms with E-state index in [0.29, 0.717) is 19.4 Å². The van der Waals surface area contributed by atoms with Gasteiger partial charge in [-0.05, 0) is 47.2 Å². The molecule has 0 fully saturated rings. The minimum atomic E-state index is -1.17. The Morgan fingerprint density at radius 3 is 1.89 bits per heavy atom. The van der Waals surface area contributed by atoms with Gasteiger partial charge < -0.3 is 21.7 Å². The Bertz CT molecular complexity index is 765. The number of amides is 5. The number of hydrogen-bond donors (Lipinski definition) is 5. The number of likely N-dealkylation sites (N-methyl/N-ethyl adjacent to an activating group) is 1. The zero-order valence-corrected chi connectivity index (χ0v) is 23.3. The average Bonchev–Trinajstić information content (AvgIpc) is 2.81. The van der Waals surface area contributed by atoms with Gasteiger partial charge in [0.25, 0.3) is 5.91 Å². The van der Waals surface area contributed by atoms with Gasteiger partial charge in [-0.2, -0.15) is 0 Å². The molecule has 0 spiro atoms. The van der Waals surface area contributed by atoms with E-state index in [1.165, 1.54) is 13.8 Å². The van der Waals surface area contributed by atoms with Gasteiger partial charge in [-0.15, -0.1) is 0 Å². The van der Waals surface area contributed by atoms with E-state index in [9.17, 15) is 28.8 Å². The molecule has 0 heterocycles. The zero-order valence-electron chi connectivity index (χ0n) is 21.1. The van der Waals surface area contributed by atoms with Crippen molar-refractivity contribution in [2.75, 3.05) is 13.6 Å². The lowest BCUT2D eigenvalue weighted by molar-refractivity contribution is -0.134. The number of nitrogens with two attached hydrogens (primary N) is 1. The van der Waals surface area contributed by atoms with Crippen molar-refractivity contribution in [1.29, 1.82) is 0 Å². The van der Waals surface area contributed by atoms with Crippen molar-refractivity contribution in [2.45, 2.75) is 90.4 Å². The number of unbranched alkanes of at least 4 members (excludes halogenated alkanes) is 2. The van der Waals surface area contributed by atoms with Crippen LogP contribution in [0.15, 0.2) is 0 Å². The molecule has 0 aliphatic carbocycles. The highest BCUT2D eigenvalue weighted by molar-refractivity contribution is 14.1. The van der Waals surface area contributed by atoms with E-state index in [4.69, 9.17) is 5.73 Å². The SMILES string of the molecule is CCC(=O)CCCCCN(C)[C@H](C)C(=O)N[C@H](C)C(=O)N[C@H](C)C(=O)N[C@@H](CC(N)=O)C(=O)NI. The third-order valence-corrected chi connectivity index (χ3v) is 6.07. The lowest BCUT2D eigenvalue weighted by Crippen LogP contribution is -2.56. The molecule has 0 aromatic carbocycles. The summed E-state index contributed by atoms with van der Waals surface area (Å²) < 4.78 is 2.30. The van der Waals surface area contributed by atoms with E-state index in [1.807, 2.05) is 18.9 Å². The van der Waals surface area contributed by atoms with Crippen molar-refractivity contribution in [3.63, 3.8) is 0 Å². The quantitative estimate of drug-likeness (QED) is 0.0851. The van der Waals surface area contributed by atoms with Crippen molar-refractivity contribution in [1.82, 2.24) is 24.4 Å². The van der Waals surface area contributed by atoms with Crippen LogP contribution < -0.4 is 25.2 Å². The number of ketones is 1. The van der Waals surface area contributed by atoms with Gasteiger partial charge in [0, 0.05) is 12.8 Å². The molecule has 0 aromatic rings. The molecule has 0 aliphatic heterocycles. The standard InChI is InChI=1S/C22H39IN6O6/c1-6-16(30)10-8-7-9-11-29(5)15(4)21(34)26-13(2)19(32)25-14(3)20(33)27-17(12-18(24)31)22(35)28-23/h13-15,17H,6-12H2,1-5H3,(H2,24,31)(H,25,32)(H,26,34)(H,27,33)(H,28,35)/t13-,14-,15-,17+/m1/s1. The summed E-state index contributed by atoms with van der Waals surface area (Å²) in [6, 6.07) is -3.59. The number of carbonyl (C=O) groups is 6. The van der Waals surface area contributed by atoms with Crippen molar-refractivity contribution in [3.8, 4) is 0 Å². The number of primary amides is 1. The molecule has 0 aliphatic rings. The van der Waals surface area contributed by atoms with E-state index in [0.717, 1.165) is 19.3 Å². The average molecular weight is 610 g/mol. The van der Waals surface area contributed by atoms with E-state index in [-0.39, 0.29) is 11.7 Å². The smallest absolute Gasteiger partial charge is 0.251 e. The van der Waals surface area contributed by atoms with E-state index in [2.05, 4.69) is 19.5 Å². The second-order valence-corrected chi connectivity index (χ2v) is 9.05. The van der Waals surface area contributed by atoms with Crippen LogP contribution in [0.1, 0.15) is 66.2 Å². The van der Waals surface area contributed by atoms with Crippen LogP contribution in [-0.4, -0.2) is 78.0 Å². The number of carbonyl (C=O) groups excluding carboxylic acids is 6. The lowest BCUT2D eigenvalue weighted by atomic mass is 10.1. The molecule has 5 amide bonds. The predicted molar refractivity (Wildman–Crippen MR) is 139 cm³/mol. The molecule has 0 rings (SSSR count). The largest absolute Gasteiger partial charge is 0.370 e. The molecule has 0 unspecified atom stereocenters. The van der Waals surface area contributed by atoms with E-state index in [1.54, 1.807) is 29.8 Å². The number of hydrogen-bond acceptors (Lipinski definition) is 7. The number of Topliss-reactive ketones (excluding diaryl/α,β-unsaturated/α-hetero) is 1. The van der Waals surface area contributed by atoms with Crippen molar-refractivity contribution >= 4 is 58.2 Å². The fourth-order valence-electron chi connectivity index (χ4n) is 3.01. The Labute approximate surface area is 220 Å². The Kier molecular flexibility index (Phi) is 16.1. The minimum Gasteiger partial charge on any atom is -0.370 e. The third-order valence-electron chi connectivity index (χ3n) is 5.54. The summed E-state index contributed by atoms with van der Waals surface area (Å²) in [4.78, 5) is 73.5. The number of halogens is 1. The zero-order chi connectivity index (χ0) is 27.1. The summed E-state index contributed by atoms with van der Waals surface area (Å²) in [6.07, 6.45) is 3.31. The highest BCUT2D eigenvalue weighted by atomic mass is 127. The maximum Gasteiger partial charge on any atom is 0.251 e. The fraction of sp³-hybridized carbons (Fsp3) is 0.727. The molecule has 4 atom stereocenters. The first-order valence-corrected chi connectivity index (χ1v) is 12.7. The highest BCUT2D eigenvalue weighted by Gasteiger charge is 2.27. The summed E-state index contributed by atoms with van der Waals surface area (Å²) in [5, 5.41) is 7.47. The molecule has 0 aromatic heterocycles. The highest BCUT2D eigenvalue weighted by Crippen LogP contribution is 2.06. The maximum atomic E-state index is 12.5. The van der Waals surface area contributed by atoms with Crippen LogP contribution in [0, 0.1) is 0 Å². The van der Waals surface area contributed by atoms with Gasteiger partial charge in [-0.25, -0.2) is 0 Å². The van der Waals surface area contributed by atoms with Gasteiger partial charge in [-0.1, -0.05) is 13.3 Å². The van der Waals surface area contributed by atoms with E-state index < -0.39 is 54.2 Å². The second kappa shape index (κ2) is 17.2. The van der Waals surface area contributed by atoms with Crippen molar-refractivity contribution in [2.24, 2.45) is 5.73 Å². The summed E-state index contributed by atoms with van der Waals surface area (Å²) in [5.74, 6) is -2.73. The first kappa shape index (κ1) is 32.7. The fourth-order valence-corrected chi connectivity index (χ4v) is 3.38. The van der Waals surface area contributed by atoms with Crippen molar-refractivity contribution in [3.05, 3.63) is 0 Å². The van der Waals surface area contributed by atoms with Crippen LogP contribution in [0.25, 0.3) is 0 Å². The summed E-state index contributed by atoms with van der Waals surface area (Å²) in [5.41, 5.74) is 5.11. The Morgan fingerprint density at radius 1 is 0.829 bits per heavy atom. The summed E-state index contributed by atoms with van der Waals surface area (Å²) in [6.45, 7) is 7.16. The van der Waals surface area contributed by atoms with Gasteiger partial charge in [0.15, 0.2) is 0 Å². The van der Waals surface area contributed by atoms with E-state index >= 15 is 0 Å². The molecule has 6 N–H and O–H groups in total. The van der Waals surface area contributed by atoms with Gasteiger partial charge in [0.05, 0.1) is 35.3 Å². The molecule has 0 saturated carbocycles. The predicted octanol–water partition coefficient (Wildman–Crippen LogP) is -0.318. The van der Waals surface area contributed by atoms with Gasteiger partial charge in [0.2, 0.25) is 23.6 Å².